The molecule has 1 N–H and O–H groups in total. The van der Waals surface area contributed by atoms with Crippen LogP contribution in [0.2, 0.25) is 0 Å². The third kappa shape index (κ3) is 4.10. The van der Waals surface area contributed by atoms with Gasteiger partial charge in [0.25, 0.3) is 5.91 Å². The second-order valence-electron chi connectivity index (χ2n) is 4.93. The van der Waals surface area contributed by atoms with Crippen LogP contribution in [0.25, 0.3) is 0 Å². The summed E-state index contributed by atoms with van der Waals surface area (Å²) in [6, 6.07) is 10.7. The first-order valence-electron chi connectivity index (χ1n) is 7.44. The highest BCUT2D eigenvalue weighted by Crippen LogP contribution is 2.28. The van der Waals surface area contributed by atoms with Crippen LogP contribution in [0.4, 0.5) is 4.39 Å². The monoisotopic (exact) mass is 330 g/mol. The van der Waals surface area contributed by atoms with E-state index < -0.39 is 11.7 Å². The van der Waals surface area contributed by atoms with E-state index in [0.29, 0.717) is 29.2 Å². The number of hydrogen-bond donors (Lipinski definition) is 1. The third-order valence-corrected chi connectivity index (χ3v) is 3.45. The van der Waals surface area contributed by atoms with Crippen molar-refractivity contribution in [3.8, 4) is 11.5 Å². The molecule has 0 saturated carbocycles. The fourth-order valence-corrected chi connectivity index (χ4v) is 2.15. The number of halogens is 1. The van der Waals surface area contributed by atoms with E-state index in [9.17, 15) is 9.18 Å². The van der Waals surface area contributed by atoms with Crippen LogP contribution in [-0.4, -0.2) is 25.8 Å². The zero-order valence-electron chi connectivity index (χ0n) is 13.8. The Morgan fingerprint density at radius 3 is 2.25 bits per heavy atom. The number of hydrogen-bond acceptors (Lipinski definition) is 4. The molecule has 0 spiro atoms. The fourth-order valence-electron chi connectivity index (χ4n) is 2.15. The minimum atomic E-state index is -0.401. The van der Waals surface area contributed by atoms with Gasteiger partial charge in [0.1, 0.15) is 5.82 Å². The first kappa shape index (κ1) is 17.5. The molecule has 2 rings (SSSR count). The zero-order chi connectivity index (χ0) is 17.5. The highest BCUT2D eigenvalue weighted by Gasteiger charge is 2.10. The Balaban J connectivity index is 2.19. The summed E-state index contributed by atoms with van der Waals surface area (Å²) in [6.45, 7) is 1.93. The van der Waals surface area contributed by atoms with Crippen molar-refractivity contribution in [2.75, 3.05) is 14.2 Å². The largest absolute Gasteiger partial charge is 0.493 e. The van der Waals surface area contributed by atoms with Gasteiger partial charge in [-0.25, -0.2) is 9.82 Å². The smallest absolute Gasteiger partial charge is 0.271 e. The number of rotatable bonds is 6. The Morgan fingerprint density at radius 1 is 1.04 bits per heavy atom. The van der Waals surface area contributed by atoms with Crippen LogP contribution in [0, 0.1) is 5.82 Å². The van der Waals surface area contributed by atoms with Gasteiger partial charge in [0.15, 0.2) is 11.5 Å². The van der Waals surface area contributed by atoms with Gasteiger partial charge in [0.2, 0.25) is 0 Å². The molecule has 0 atom stereocenters. The molecule has 2 aromatic rings. The van der Waals surface area contributed by atoms with E-state index >= 15 is 0 Å². The minimum absolute atomic E-state index is 0.336. The number of carbonyl (C=O) groups is 1. The summed E-state index contributed by atoms with van der Waals surface area (Å²) in [5.41, 5.74) is 4.33. The SMILES string of the molecule is CC/C(=N\NC(=O)c1ccc(F)cc1)c1ccc(OC)c(OC)c1. The molecule has 6 heteroatoms. The maximum atomic E-state index is 12.9. The van der Waals surface area contributed by atoms with Crippen LogP contribution in [-0.2, 0) is 0 Å². The van der Waals surface area contributed by atoms with Crippen LogP contribution in [0.1, 0.15) is 29.3 Å². The van der Waals surface area contributed by atoms with Gasteiger partial charge in [-0.2, -0.15) is 5.10 Å². The predicted octanol–water partition coefficient (Wildman–Crippen LogP) is 3.39. The summed E-state index contributed by atoms with van der Waals surface area (Å²) < 4.78 is 23.4. The molecule has 0 saturated heterocycles. The van der Waals surface area contributed by atoms with Gasteiger partial charge >= 0.3 is 0 Å². The summed E-state index contributed by atoms with van der Waals surface area (Å²) >= 11 is 0. The normalized spacial score (nSPS) is 11.1. The van der Waals surface area contributed by atoms with Gasteiger partial charge in [0.05, 0.1) is 19.9 Å². The Hall–Kier alpha value is -2.89. The highest BCUT2D eigenvalue weighted by molar-refractivity contribution is 6.02. The molecule has 0 bridgehead atoms. The maximum absolute atomic E-state index is 12.9. The summed E-state index contributed by atoms with van der Waals surface area (Å²) in [4.78, 5) is 12.0. The summed E-state index contributed by atoms with van der Waals surface area (Å²) in [6.07, 6.45) is 0.610. The van der Waals surface area contributed by atoms with E-state index in [1.807, 2.05) is 13.0 Å². The molecule has 0 aromatic heterocycles. The molecule has 0 aliphatic heterocycles. The second-order valence-corrected chi connectivity index (χ2v) is 4.93. The molecule has 0 unspecified atom stereocenters. The van der Waals surface area contributed by atoms with Crippen molar-refractivity contribution in [1.82, 2.24) is 5.43 Å². The first-order chi connectivity index (χ1) is 11.6. The van der Waals surface area contributed by atoms with Crippen LogP contribution >= 0.6 is 0 Å². The molecule has 0 aliphatic rings. The molecule has 24 heavy (non-hydrogen) atoms. The van der Waals surface area contributed by atoms with Gasteiger partial charge in [0, 0.05) is 11.1 Å². The van der Waals surface area contributed by atoms with Gasteiger partial charge in [-0.05, 0) is 48.9 Å². The molecule has 126 valence electrons. The van der Waals surface area contributed by atoms with E-state index in [0.717, 1.165) is 5.56 Å². The number of hydrazone groups is 1. The van der Waals surface area contributed by atoms with E-state index in [2.05, 4.69) is 10.5 Å². The summed E-state index contributed by atoms with van der Waals surface area (Å²) in [5.74, 6) is 0.407. The number of ether oxygens (including phenoxy) is 2. The van der Waals surface area contributed by atoms with Crippen molar-refractivity contribution in [1.29, 1.82) is 0 Å². The molecule has 1 amide bonds. The van der Waals surface area contributed by atoms with Crippen LogP contribution in [0.3, 0.4) is 0 Å². The number of carbonyl (C=O) groups excluding carboxylic acids is 1. The van der Waals surface area contributed by atoms with Crippen molar-refractivity contribution < 1.29 is 18.7 Å². The van der Waals surface area contributed by atoms with Crippen LogP contribution in [0.5, 0.6) is 11.5 Å². The molecular weight excluding hydrogens is 311 g/mol. The lowest BCUT2D eigenvalue weighted by Crippen LogP contribution is -2.20. The van der Waals surface area contributed by atoms with E-state index in [-0.39, 0.29) is 0 Å². The number of nitrogens with one attached hydrogen (secondary N) is 1. The standard InChI is InChI=1S/C18H19FN2O3/c1-4-15(13-7-10-16(23-2)17(11-13)24-3)20-21-18(22)12-5-8-14(19)9-6-12/h5-11H,4H2,1-3H3,(H,21,22)/b20-15+. The van der Waals surface area contributed by atoms with E-state index in [1.54, 1.807) is 26.4 Å². The van der Waals surface area contributed by atoms with Gasteiger partial charge in [-0.15, -0.1) is 0 Å². The van der Waals surface area contributed by atoms with Crippen LogP contribution in [0.15, 0.2) is 47.6 Å². The number of amides is 1. The van der Waals surface area contributed by atoms with Crippen molar-refractivity contribution >= 4 is 11.6 Å². The van der Waals surface area contributed by atoms with Gasteiger partial charge < -0.3 is 9.47 Å². The average Bonchev–Trinajstić information content (AvgIpc) is 2.62. The lowest BCUT2D eigenvalue weighted by molar-refractivity contribution is 0.0954. The molecular formula is C18H19FN2O3. The lowest BCUT2D eigenvalue weighted by atomic mass is 10.1. The Labute approximate surface area is 140 Å². The molecule has 0 radical (unpaired) electrons. The molecule has 0 aliphatic carbocycles. The van der Waals surface area contributed by atoms with Gasteiger partial charge in [-0.3, -0.25) is 4.79 Å². The topological polar surface area (TPSA) is 59.9 Å². The predicted molar refractivity (Wildman–Crippen MR) is 90.2 cm³/mol. The van der Waals surface area contributed by atoms with E-state index in [4.69, 9.17) is 9.47 Å². The van der Waals surface area contributed by atoms with E-state index in [1.165, 1.54) is 24.3 Å². The lowest BCUT2D eigenvalue weighted by Gasteiger charge is -2.10. The molecule has 0 heterocycles. The number of nitrogens with zero attached hydrogens (tertiary/aromatic N) is 1. The molecule has 5 nitrogen and oxygen atoms in total. The summed E-state index contributed by atoms with van der Waals surface area (Å²) in [7, 11) is 3.12. The number of methoxy groups -OCH3 is 2. The first-order valence-corrected chi connectivity index (χ1v) is 7.44. The number of benzene rings is 2. The minimum Gasteiger partial charge on any atom is -0.493 e. The maximum Gasteiger partial charge on any atom is 0.271 e. The highest BCUT2D eigenvalue weighted by atomic mass is 19.1. The second kappa shape index (κ2) is 8.10. The Kier molecular flexibility index (Phi) is 5.89. The molecule has 0 fully saturated rings. The molecule has 2 aromatic carbocycles. The quantitative estimate of drug-likeness (QED) is 0.652. The van der Waals surface area contributed by atoms with Crippen molar-refractivity contribution in [2.45, 2.75) is 13.3 Å². The fraction of sp³-hybridized carbons (Fsp3) is 0.222. The van der Waals surface area contributed by atoms with Gasteiger partial charge in [-0.1, -0.05) is 6.92 Å². The van der Waals surface area contributed by atoms with Crippen molar-refractivity contribution in [3.63, 3.8) is 0 Å². The summed E-state index contributed by atoms with van der Waals surface area (Å²) in [5, 5.41) is 4.17. The van der Waals surface area contributed by atoms with Crippen molar-refractivity contribution in [3.05, 3.63) is 59.4 Å². The van der Waals surface area contributed by atoms with Crippen molar-refractivity contribution in [2.24, 2.45) is 5.10 Å². The zero-order valence-corrected chi connectivity index (χ0v) is 13.8. The van der Waals surface area contributed by atoms with Crippen LogP contribution < -0.4 is 14.9 Å². The Bertz CT molecular complexity index is 742. The third-order valence-electron chi connectivity index (χ3n) is 3.45. The Morgan fingerprint density at radius 2 is 1.67 bits per heavy atom. The average molecular weight is 330 g/mol.